The molecule has 0 amide bonds. The molecule has 0 saturated heterocycles. The normalized spacial score (nSPS) is 16.8. The first-order valence-electron chi connectivity index (χ1n) is 5.34. The zero-order valence-electron chi connectivity index (χ0n) is 8.28. The van der Waals surface area contributed by atoms with Crippen molar-refractivity contribution >= 4 is 12.6 Å². The van der Waals surface area contributed by atoms with Gasteiger partial charge in [-0.15, -0.1) is 0 Å². The Hall–Kier alpha value is 0.270. The Kier molecular flexibility index (Phi) is 5.83. The molecule has 78 valence electrons. The second-order valence-corrected chi connectivity index (χ2v) is 4.22. The average molecular weight is 203 g/mol. The van der Waals surface area contributed by atoms with Gasteiger partial charge in [0.05, 0.1) is 6.61 Å². The van der Waals surface area contributed by atoms with E-state index in [0.29, 0.717) is 6.61 Å². The highest BCUT2D eigenvalue weighted by Gasteiger charge is 2.27. The fourth-order valence-electron chi connectivity index (χ4n) is 1.65. The van der Waals surface area contributed by atoms with Crippen molar-refractivity contribution in [2.24, 2.45) is 0 Å². The van der Waals surface area contributed by atoms with Gasteiger partial charge in [0.2, 0.25) is 0 Å². The summed E-state index contributed by atoms with van der Waals surface area (Å²) >= 11 is 4.19. The number of hydrogen-bond acceptors (Lipinski definition) is 3. The van der Waals surface area contributed by atoms with Crippen molar-refractivity contribution in [3.05, 3.63) is 0 Å². The molecule has 0 bridgehead atoms. The van der Waals surface area contributed by atoms with Gasteiger partial charge < -0.3 is 5.11 Å². The van der Waals surface area contributed by atoms with E-state index < -0.39 is 0 Å². The largest absolute Gasteiger partial charge is 0.395 e. The highest BCUT2D eigenvalue weighted by Crippen LogP contribution is 2.26. The summed E-state index contributed by atoms with van der Waals surface area (Å²) in [7, 11) is 0. The van der Waals surface area contributed by atoms with Crippen LogP contribution in [0.25, 0.3) is 0 Å². The van der Waals surface area contributed by atoms with Crippen LogP contribution in [0.2, 0.25) is 0 Å². The minimum Gasteiger partial charge on any atom is -0.395 e. The maximum Gasteiger partial charge on any atom is 0.0558 e. The number of nitrogens with zero attached hydrogens (tertiary/aromatic N) is 1. The Morgan fingerprint density at radius 1 is 1.15 bits per heavy atom. The van der Waals surface area contributed by atoms with E-state index >= 15 is 0 Å². The first-order chi connectivity index (χ1) is 6.38. The van der Waals surface area contributed by atoms with Crippen LogP contribution < -0.4 is 0 Å². The number of thiol groups is 1. The Balaban J connectivity index is 2.00. The van der Waals surface area contributed by atoms with E-state index in [1.807, 2.05) is 0 Å². The summed E-state index contributed by atoms with van der Waals surface area (Å²) in [6.45, 7) is 2.34. The maximum absolute atomic E-state index is 8.86. The lowest BCUT2D eigenvalue weighted by Crippen LogP contribution is -2.30. The highest BCUT2D eigenvalue weighted by atomic mass is 32.1. The molecule has 0 atom stereocenters. The minimum absolute atomic E-state index is 0.309. The Morgan fingerprint density at radius 2 is 1.92 bits per heavy atom. The number of hydrogen-bond donors (Lipinski definition) is 2. The van der Waals surface area contributed by atoms with Crippen LogP contribution in [0.4, 0.5) is 0 Å². The molecule has 0 aromatic rings. The molecule has 0 aliphatic heterocycles. The number of aliphatic hydroxyl groups excluding tert-OH is 1. The first-order valence-corrected chi connectivity index (χ1v) is 5.97. The number of rotatable bonds is 8. The summed E-state index contributed by atoms with van der Waals surface area (Å²) in [6.07, 6.45) is 6.44. The van der Waals surface area contributed by atoms with Crippen LogP contribution >= 0.6 is 12.6 Å². The van der Waals surface area contributed by atoms with Gasteiger partial charge in [-0.1, -0.05) is 6.42 Å². The van der Waals surface area contributed by atoms with Crippen molar-refractivity contribution in [1.29, 1.82) is 0 Å². The van der Waals surface area contributed by atoms with Crippen LogP contribution in [0, 0.1) is 0 Å². The first kappa shape index (κ1) is 11.3. The van der Waals surface area contributed by atoms with Gasteiger partial charge in [0.25, 0.3) is 0 Å². The van der Waals surface area contributed by atoms with E-state index in [-0.39, 0.29) is 0 Å². The molecule has 0 radical (unpaired) electrons. The highest BCUT2D eigenvalue weighted by molar-refractivity contribution is 7.80. The Bertz CT molecular complexity index is 128. The van der Waals surface area contributed by atoms with Crippen LogP contribution in [0.3, 0.4) is 0 Å². The van der Waals surface area contributed by atoms with E-state index in [1.165, 1.54) is 38.6 Å². The van der Waals surface area contributed by atoms with Gasteiger partial charge in [-0.2, -0.15) is 12.6 Å². The zero-order valence-corrected chi connectivity index (χ0v) is 9.18. The molecule has 1 rings (SSSR count). The van der Waals surface area contributed by atoms with Crippen LogP contribution in [0.5, 0.6) is 0 Å². The molecule has 1 saturated carbocycles. The lowest BCUT2D eigenvalue weighted by atomic mass is 10.2. The Labute approximate surface area is 86.7 Å². The Morgan fingerprint density at radius 3 is 2.46 bits per heavy atom. The number of aliphatic hydroxyl groups is 1. The lowest BCUT2D eigenvalue weighted by molar-refractivity contribution is 0.187. The fraction of sp³-hybridized carbons (Fsp3) is 1.00. The average Bonchev–Trinajstić information content (AvgIpc) is 2.93. The molecule has 1 fully saturated rings. The molecule has 13 heavy (non-hydrogen) atoms. The molecule has 0 aromatic heterocycles. The third-order valence-electron chi connectivity index (χ3n) is 2.55. The van der Waals surface area contributed by atoms with Gasteiger partial charge in [0.1, 0.15) is 0 Å². The molecule has 0 spiro atoms. The van der Waals surface area contributed by atoms with Gasteiger partial charge in [-0.25, -0.2) is 0 Å². The van der Waals surface area contributed by atoms with E-state index in [4.69, 9.17) is 5.11 Å². The van der Waals surface area contributed by atoms with E-state index in [1.54, 1.807) is 0 Å². The molecule has 1 aliphatic rings. The third kappa shape index (κ3) is 4.89. The van der Waals surface area contributed by atoms with Gasteiger partial charge in [-0.05, 0) is 38.0 Å². The fourth-order valence-corrected chi connectivity index (χ4v) is 1.87. The summed E-state index contributed by atoms with van der Waals surface area (Å²) in [5.41, 5.74) is 0. The van der Waals surface area contributed by atoms with E-state index in [2.05, 4.69) is 17.5 Å². The van der Waals surface area contributed by atoms with Crippen molar-refractivity contribution < 1.29 is 5.11 Å². The predicted molar refractivity (Wildman–Crippen MR) is 59.4 cm³/mol. The van der Waals surface area contributed by atoms with Crippen LogP contribution in [-0.4, -0.2) is 41.5 Å². The van der Waals surface area contributed by atoms with Gasteiger partial charge in [0.15, 0.2) is 0 Å². The van der Waals surface area contributed by atoms with Crippen molar-refractivity contribution in [3.63, 3.8) is 0 Å². The maximum atomic E-state index is 8.86. The van der Waals surface area contributed by atoms with E-state index in [9.17, 15) is 0 Å². The van der Waals surface area contributed by atoms with Crippen molar-refractivity contribution in [3.8, 4) is 0 Å². The second-order valence-electron chi connectivity index (χ2n) is 3.78. The monoisotopic (exact) mass is 203 g/mol. The molecular formula is C10H21NOS. The van der Waals surface area contributed by atoms with E-state index in [0.717, 1.165) is 18.3 Å². The van der Waals surface area contributed by atoms with Crippen LogP contribution in [0.1, 0.15) is 32.1 Å². The summed E-state index contributed by atoms with van der Waals surface area (Å²) < 4.78 is 0. The second kappa shape index (κ2) is 6.68. The minimum atomic E-state index is 0.309. The summed E-state index contributed by atoms with van der Waals surface area (Å²) in [6, 6.07) is 0.795. The standard InChI is InChI=1S/C10H21NOS/c12-8-7-11(10-4-5-10)6-2-1-3-9-13/h10,12-13H,1-9H2. The van der Waals surface area contributed by atoms with Gasteiger partial charge in [0, 0.05) is 12.6 Å². The van der Waals surface area contributed by atoms with Gasteiger partial charge in [-0.3, -0.25) is 4.90 Å². The van der Waals surface area contributed by atoms with Crippen molar-refractivity contribution in [2.45, 2.75) is 38.1 Å². The topological polar surface area (TPSA) is 23.5 Å². The molecule has 0 heterocycles. The third-order valence-corrected chi connectivity index (χ3v) is 2.87. The van der Waals surface area contributed by atoms with Crippen LogP contribution in [0.15, 0.2) is 0 Å². The molecule has 3 heteroatoms. The molecule has 1 aliphatic carbocycles. The quantitative estimate of drug-likeness (QED) is 0.462. The van der Waals surface area contributed by atoms with Gasteiger partial charge >= 0.3 is 0 Å². The summed E-state index contributed by atoms with van der Waals surface area (Å²) in [5.74, 6) is 1.00. The van der Waals surface area contributed by atoms with Crippen molar-refractivity contribution in [2.75, 3.05) is 25.4 Å². The summed E-state index contributed by atoms with van der Waals surface area (Å²) in [5, 5.41) is 8.86. The molecule has 0 unspecified atom stereocenters. The van der Waals surface area contributed by atoms with Crippen molar-refractivity contribution in [1.82, 2.24) is 4.90 Å². The molecule has 0 aromatic carbocycles. The molecular weight excluding hydrogens is 182 g/mol. The number of unbranched alkanes of at least 4 members (excludes halogenated alkanes) is 2. The molecule has 2 nitrogen and oxygen atoms in total. The summed E-state index contributed by atoms with van der Waals surface area (Å²) in [4.78, 5) is 2.43. The smallest absolute Gasteiger partial charge is 0.0558 e. The SMILES string of the molecule is OCCN(CCCCCS)C1CC1. The zero-order chi connectivity index (χ0) is 9.52. The molecule has 1 N–H and O–H groups in total. The predicted octanol–water partition coefficient (Wildman–Crippen LogP) is 1.54. The van der Waals surface area contributed by atoms with Crippen LogP contribution in [-0.2, 0) is 0 Å². The lowest BCUT2D eigenvalue weighted by Gasteiger charge is -2.20.